The maximum absolute atomic E-state index is 12.2. The molecule has 0 radical (unpaired) electrons. The van der Waals surface area contributed by atoms with Crippen molar-refractivity contribution in [1.29, 1.82) is 0 Å². The highest BCUT2D eigenvalue weighted by Gasteiger charge is 2.29. The van der Waals surface area contributed by atoms with E-state index in [1.165, 1.54) is 29.2 Å². The zero-order valence-electron chi connectivity index (χ0n) is 20.1. The van der Waals surface area contributed by atoms with Crippen LogP contribution in [0.2, 0.25) is 0 Å². The van der Waals surface area contributed by atoms with Crippen molar-refractivity contribution in [2.75, 3.05) is 19.7 Å². The zero-order valence-corrected chi connectivity index (χ0v) is 20.1. The molecule has 1 atom stereocenters. The molecule has 35 heavy (non-hydrogen) atoms. The van der Waals surface area contributed by atoms with Crippen molar-refractivity contribution in [1.82, 2.24) is 10.6 Å². The number of alkyl carbamates (subject to hydrolysis) is 1. The lowest BCUT2D eigenvalue weighted by molar-refractivity contribution is -0.142. The highest BCUT2D eigenvalue weighted by Crippen LogP contribution is 2.44. The van der Waals surface area contributed by atoms with E-state index in [2.05, 4.69) is 34.9 Å². The van der Waals surface area contributed by atoms with E-state index in [0.717, 1.165) is 19.3 Å². The van der Waals surface area contributed by atoms with E-state index in [0.29, 0.717) is 19.4 Å². The minimum atomic E-state index is -1.47. The normalized spacial score (nSPS) is 13.9. The van der Waals surface area contributed by atoms with Gasteiger partial charge in [-0.25, -0.2) is 4.79 Å². The smallest absolute Gasteiger partial charge is 0.407 e. The van der Waals surface area contributed by atoms with Gasteiger partial charge in [-0.2, -0.15) is 0 Å². The average Bonchev–Trinajstić information content (AvgIpc) is 3.14. The second-order valence-electron chi connectivity index (χ2n) is 9.26. The molecule has 0 spiro atoms. The Hall–Kier alpha value is -3.39. The number of carbonyl (C=O) groups is 3. The summed E-state index contributed by atoms with van der Waals surface area (Å²) in [6.07, 6.45) is 2.59. The lowest BCUT2D eigenvalue weighted by Gasteiger charge is -2.21. The molecule has 3 rings (SSSR count). The quantitative estimate of drug-likeness (QED) is 0.322. The number of nitrogens with one attached hydrogen (secondary N) is 2. The van der Waals surface area contributed by atoms with Crippen LogP contribution in [0, 0.1) is 0 Å². The molecular weight excluding hydrogens is 448 g/mol. The van der Waals surface area contributed by atoms with Crippen molar-refractivity contribution in [2.24, 2.45) is 0 Å². The molecule has 0 aromatic heterocycles. The Kier molecular flexibility index (Phi) is 9.25. The van der Waals surface area contributed by atoms with Crippen LogP contribution in [0.3, 0.4) is 0 Å². The fraction of sp³-hybridized carbons (Fsp3) is 0.444. The summed E-state index contributed by atoms with van der Waals surface area (Å²) in [5.41, 5.74) is 3.27. The Bertz CT molecular complexity index is 990. The molecule has 0 saturated heterocycles. The third kappa shape index (κ3) is 7.82. The van der Waals surface area contributed by atoms with E-state index in [9.17, 15) is 19.5 Å². The fourth-order valence-corrected chi connectivity index (χ4v) is 4.37. The topological polar surface area (TPSA) is 125 Å². The third-order valence-electron chi connectivity index (χ3n) is 6.14. The molecule has 2 aromatic rings. The molecule has 2 amide bonds. The Morgan fingerprint density at radius 1 is 0.914 bits per heavy atom. The van der Waals surface area contributed by atoms with Gasteiger partial charge >= 0.3 is 12.1 Å². The van der Waals surface area contributed by atoms with Gasteiger partial charge in [-0.1, -0.05) is 61.4 Å². The van der Waals surface area contributed by atoms with Crippen LogP contribution in [-0.4, -0.2) is 53.5 Å². The van der Waals surface area contributed by atoms with Crippen molar-refractivity contribution < 1.29 is 29.3 Å². The van der Waals surface area contributed by atoms with Gasteiger partial charge in [0.2, 0.25) is 5.91 Å². The number of unbranched alkanes of at least 4 members (excludes halogenated alkanes) is 3. The van der Waals surface area contributed by atoms with E-state index in [1.807, 2.05) is 24.3 Å². The summed E-state index contributed by atoms with van der Waals surface area (Å²) in [4.78, 5) is 34.7. The Morgan fingerprint density at radius 2 is 1.51 bits per heavy atom. The standard InChI is InChI=1S/C27H34N2O6/c1-27(34,16-25(31)32)18-29-24(30)14-4-2-3-9-15-28-26(33)35-17-23-21-12-7-5-10-19(21)20-11-6-8-13-22(20)23/h5-8,10-13,23,34H,2-4,9,14-18H2,1H3,(H,28,33)(H,29,30)(H,31,32). The van der Waals surface area contributed by atoms with Gasteiger partial charge in [-0.05, 0) is 42.0 Å². The summed E-state index contributed by atoms with van der Waals surface area (Å²) in [6, 6.07) is 16.4. The van der Waals surface area contributed by atoms with E-state index in [4.69, 9.17) is 9.84 Å². The molecule has 4 N–H and O–H groups in total. The van der Waals surface area contributed by atoms with Crippen LogP contribution in [-0.2, 0) is 14.3 Å². The van der Waals surface area contributed by atoms with Crippen LogP contribution in [0.15, 0.2) is 48.5 Å². The Labute approximate surface area is 205 Å². The number of amides is 2. The number of benzene rings is 2. The molecule has 0 aliphatic heterocycles. The first-order chi connectivity index (χ1) is 16.8. The SMILES string of the molecule is CC(O)(CNC(=O)CCCCCCNC(=O)OCC1c2ccccc2-c2ccccc21)CC(=O)O. The number of aliphatic carboxylic acids is 1. The molecule has 2 aromatic carbocycles. The number of carboxylic acid groups (broad SMARTS) is 1. The molecule has 1 aliphatic carbocycles. The number of ether oxygens (including phenoxy) is 1. The average molecular weight is 483 g/mol. The minimum Gasteiger partial charge on any atom is -0.481 e. The second-order valence-corrected chi connectivity index (χ2v) is 9.26. The predicted molar refractivity (Wildman–Crippen MR) is 132 cm³/mol. The summed E-state index contributed by atoms with van der Waals surface area (Å²) in [7, 11) is 0. The lowest BCUT2D eigenvalue weighted by Crippen LogP contribution is -2.42. The first-order valence-corrected chi connectivity index (χ1v) is 12.1. The molecule has 0 fully saturated rings. The molecule has 188 valence electrons. The van der Waals surface area contributed by atoms with Crippen molar-refractivity contribution in [3.63, 3.8) is 0 Å². The molecule has 0 bridgehead atoms. The monoisotopic (exact) mass is 482 g/mol. The summed E-state index contributed by atoms with van der Waals surface area (Å²) < 4.78 is 5.52. The molecule has 8 heteroatoms. The summed E-state index contributed by atoms with van der Waals surface area (Å²) in [6.45, 7) is 2.07. The highest BCUT2D eigenvalue weighted by molar-refractivity contribution is 5.79. The fourth-order valence-electron chi connectivity index (χ4n) is 4.37. The first kappa shape index (κ1) is 26.2. The van der Waals surface area contributed by atoms with Crippen LogP contribution in [0.4, 0.5) is 4.79 Å². The second kappa shape index (κ2) is 12.4. The highest BCUT2D eigenvalue weighted by atomic mass is 16.5. The summed E-state index contributed by atoms with van der Waals surface area (Å²) >= 11 is 0. The first-order valence-electron chi connectivity index (χ1n) is 12.1. The van der Waals surface area contributed by atoms with Crippen LogP contribution in [0.1, 0.15) is 62.5 Å². The van der Waals surface area contributed by atoms with Gasteiger partial charge in [0.1, 0.15) is 6.61 Å². The van der Waals surface area contributed by atoms with Crippen molar-refractivity contribution in [3.8, 4) is 11.1 Å². The Morgan fingerprint density at radius 3 is 2.14 bits per heavy atom. The van der Waals surface area contributed by atoms with Crippen molar-refractivity contribution in [3.05, 3.63) is 59.7 Å². The van der Waals surface area contributed by atoms with Crippen molar-refractivity contribution >= 4 is 18.0 Å². The maximum Gasteiger partial charge on any atom is 0.407 e. The number of carboxylic acids is 1. The number of hydrogen-bond acceptors (Lipinski definition) is 5. The van der Waals surface area contributed by atoms with E-state index in [-0.39, 0.29) is 25.0 Å². The Balaban J connectivity index is 1.27. The van der Waals surface area contributed by atoms with E-state index >= 15 is 0 Å². The number of fused-ring (bicyclic) bond motifs is 3. The van der Waals surface area contributed by atoms with Gasteiger partial charge in [-0.15, -0.1) is 0 Å². The molecule has 1 unspecified atom stereocenters. The van der Waals surface area contributed by atoms with Crippen LogP contribution in [0.25, 0.3) is 11.1 Å². The molecule has 1 aliphatic rings. The van der Waals surface area contributed by atoms with E-state index < -0.39 is 24.1 Å². The number of aliphatic hydroxyl groups is 1. The minimum absolute atomic E-state index is 0.0344. The third-order valence-corrected chi connectivity index (χ3v) is 6.14. The van der Waals surface area contributed by atoms with Gasteiger partial charge in [0.05, 0.1) is 12.0 Å². The van der Waals surface area contributed by atoms with Gasteiger partial charge < -0.3 is 25.6 Å². The number of rotatable bonds is 13. The van der Waals surface area contributed by atoms with Crippen LogP contribution < -0.4 is 10.6 Å². The van der Waals surface area contributed by atoms with Gasteiger partial charge in [0.25, 0.3) is 0 Å². The van der Waals surface area contributed by atoms with Gasteiger partial charge in [0.15, 0.2) is 0 Å². The van der Waals surface area contributed by atoms with Crippen LogP contribution in [0.5, 0.6) is 0 Å². The molecular formula is C27H34N2O6. The van der Waals surface area contributed by atoms with E-state index in [1.54, 1.807) is 0 Å². The maximum atomic E-state index is 12.2. The van der Waals surface area contributed by atoms with Gasteiger partial charge in [-0.3, -0.25) is 9.59 Å². The predicted octanol–water partition coefficient (Wildman–Crippen LogP) is 3.82. The molecule has 0 saturated carbocycles. The van der Waals surface area contributed by atoms with Gasteiger partial charge in [0, 0.05) is 25.4 Å². The largest absolute Gasteiger partial charge is 0.481 e. The van der Waals surface area contributed by atoms with Crippen LogP contribution >= 0.6 is 0 Å². The molecule has 0 heterocycles. The lowest BCUT2D eigenvalue weighted by atomic mass is 9.98. The summed E-state index contributed by atoms with van der Waals surface area (Å²) in [5, 5.41) is 24.0. The summed E-state index contributed by atoms with van der Waals surface area (Å²) in [5.74, 6) is -1.30. The van der Waals surface area contributed by atoms with Crippen molar-refractivity contribution in [2.45, 2.75) is 57.0 Å². The number of carbonyl (C=O) groups excluding carboxylic acids is 2. The number of hydrogen-bond donors (Lipinski definition) is 4. The molecule has 8 nitrogen and oxygen atoms in total. The zero-order chi connectivity index (χ0) is 25.3.